The Labute approximate surface area is 107 Å². The van der Waals surface area contributed by atoms with Gasteiger partial charge in [-0.25, -0.2) is 0 Å². The van der Waals surface area contributed by atoms with E-state index in [2.05, 4.69) is 23.3 Å². The van der Waals surface area contributed by atoms with E-state index in [-0.39, 0.29) is 0 Å². The Balaban J connectivity index is 1.92. The van der Waals surface area contributed by atoms with Crippen LogP contribution in [0.3, 0.4) is 0 Å². The average molecular weight is 247 g/mol. The molecule has 0 saturated heterocycles. The van der Waals surface area contributed by atoms with Crippen molar-refractivity contribution in [1.29, 1.82) is 0 Å². The number of aromatic nitrogens is 1. The third-order valence-electron chi connectivity index (χ3n) is 2.65. The molecule has 0 atom stereocenters. The molecule has 2 nitrogen and oxygen atoms in total. The zero-order chi connectivity index (χ0) is 12.1. The van der Waals surface area contributed by atoms with Crippen LogP contribution in [0, 0.1) is 6.92 Å². The van der Waals surface area contributed by atoms with Crippen molar-refractivity contribution in [3.8, 4) is 0 Å². The number of pyridine rings is 1. The first-order chi connectivity index (χ1) is 8.25. The zero-order valence-corrected chi connectivity index (χ0v) is 10.5. The molecule has 2 rings (SSSR count). The van der Waals surface area contributed by atoms with Gasteiger partial charge in [-0.1, -0.05) is 23.7 Å². The molecule has 1 N–H and O–H groups in total. The Hall–Kier alpha value is -1.54. The van der Waals surface area contributed by atoms with Crippen molar-refractivity contribution in [2.45, 2.75) is 13.3 Å². The summed E-state index contributed by atoms with van der Waals surface area (Å²) in [6, 6.07) is 9.93. The second-order valence-corrected chi connectivity index (χ2v) is 4.43. The molecule has 2 aromatic rings. The lowest BCUT2D eigenvalue weighted by molar-refractivity contribution is 1.00. The van der Waals surface area contributed by atoms with Crippen LogP contribution >= 0.6 is 11.6 Å². The number of aryl methyl sites for hydroxylation is 1. The van der Waals surface area contributed by atoms with E-state index < -0.39 is 0 Å². The summed E-state index contributed by atoms with van der Waals surface area (Å²) in [7, 11) is 0. The van der Waals surface area contributed by atoms with E-state index in [1.54, 1.807) is 6.20 Å². The summed E-state index contributed by atoms with van der Waals surface area (Å²) >= 11 is 5.96. The molecule has 0 amide bonds. The molecular formula is C14H15ClN2. The highest BCUT2D eigenvalue weighted by molar-refractivity contribution is 6.30. The highest BCUT2D eigenvalue weighted by Gasteiger charge is 1.99. The van der Waals surface area contributed by atoms with Gasteiger partial charge >= 0.3 is 0 Å². The van der Waals surface area contributed by atoms with Crippen molar-refractivity contribution >= 4 is 17.3 Å². The largest absolute Gasteiger partial charge is 0.384 e. The normalized spacial score (nSPS) is 10.2. The van der Waals surface area contributed by atoms with E-state index in [1.807, 2.05) is 30.5 Å². The molecule has 0 aliphatic rings. The Morgan fingerprint density at radius 1 is 1.29 bits per heavy atom. The highest BCUT2D eigenvalue weighted by Crippen LogP contribution is 2.19. The fourth-order valence-electron chi connectivity index (χ4n) is 1.67. The van der Waals surface area contributed by atoms with Gasteiger partial charge in [-0.05, 0) is 42.7 Å². The molecule has 1 aromatic heterocycles. The molecule has 0 unspecified atom stereocenters. The first-order valence-electron chi connectivity index (χ1n) is 5.64. The van der Waals surface area contributed by atoms with Crippen molar-refractivity contribution in [1.82, 2.24) is 4.98 Å². The summed E-state index contributed by atoms with van der Waals surface area (Å²) in [4.78, 5) is 4.09. The van der Waals surface area contributed by atoms with E-state index in [0.717, 1.165) is 23.7 Å². The van der Waals surface area contributed by atoms with Crippen molar-refractivity contribution in [3.63, 3.8) is 0 Å². The van der Waals surface area contributed by atoms with Gasteiger partial charge in [0.25, 0.3) is 0 Å². The smallest absolute Gasteiger partial charge is 0.0426 e. The second-order valence-electron chi connectivity index (χ2n) is 4.00. The van der Waals surface area contributed by atoms with Gasteiger partial charge in [0, 0.05) is 29.6 Å². The Bertz CT molecular complexity index is 483. The number of hydrogen-bond acceptors (Lipinski definition) is 2. The van der Waals surface area contributed by atoms with Crippen LogP contribution in [0.5, 0.6) is 0 Å². The lowest BCUT2D eigenvalue weighted by atomic mass is 10.2. The first-order valence-corrected chi connectivity index (χ1v) is 6.02. The van der Waals surface area contributed by atoms with Gasteiger partial charge in [-0.3, -0.25) is 4.98 Å². The van der Waals surface area contributed by atoms with E-state index in [1.165, 1.54) is 11.1 Å². The number of benzene rings is 1. The molecule has 88 valence electrons. The molecule has 0 aliphatic carbocycles. The fourth-order valence-corrected chi connectivity index (χ4v) is 1.84. The number of nitrogens with zero attached hydrogens (tertiary/aromatic N) is 1. The summed E-state index contributed by atoms with van der Waals surface area (Å²) < 4.78 is 0. The number of anilines is 1. The van der Waals surface area contributed by atoms with Crippen LogP contribution in [0.2, 0.25) is 5.02 Å². The van der Waals surface area contributed by atoms with Crippen LogP contribution in [0.25, 0.3) is 0 Å². The van der Waals surface area contributed by atoms with Crippen molar-refractivity contribution in [2.75, 3.05) is 11.9 Å². The van der Waals surface area contributed by atoms with Crippen LogP contribution in [-0.4, -0.2) is 11.5 Å². The van der Waals surface area contributed by atoms with Crippen LogP contribution in [0.15, 0.2) is 42.7 Å². The monoisotopic (exact) mass is 246 g/mol. The van der Waals surface area contributed by atoms with Crippen molar-refractivity contribution < 1.29 is 0 Å². The second kappa shape index (κ2) is 5.69. The van der Waals surface area contributed by atoms with E-state index in [0.29, 0.717) is 0 Å². The van der Waals surface area contributed by atoms with Gasteiger partial charge in [0.15, 0.2) is 0 Å². The van der Waals surface area contributed by atoms with E-state index in [4.69, 9.17) is 11.6 Å². The van der Waals surface area contributed by atoms with Gasteiger partial charge < -0.3 is 5.32 Å². The third-order valence-corrected chi connectivity index (χ3v) is 2.89. The molecule has 0 saturated carbocycles. The molecule has 1 aromatic carbocycles. The summed E-state index contributed by atoms with van der Waals surface area (Å²) in [5.41, 5.74) is 3.54. The zero-order valence-electron chi connectivity index (χ0n) is 9.78. The highest BCUT2D eigenvalue weighted by atomic mass is 35.5. The van der Waals surface area contributed by atoms with Crippen LogP contribution in [-0.2, 0) is 6.42 Å². The SMILES string of the molecule is Cc1ccc(Cl)cc1NCCc1cccnc1. The maximum atomic E-state index is 5.96. The molecule has 0 radical (unpaired) electrons. The van der Waals surface area contributed by atoms with Gasteiger partial charge in [0.05, 0.1) is 0 Å². The average Bonchev–Trinajstić information content (AvgIpc) is 2.35. The Kier molecular flexibility index (Phi) is 3.99. The molecule has 0 bridgehead atoms. The molecule has 0 fully saturated rings. The Morgan fingerprint density at radius 3 is 2.94 bits per heavy atom. The third kappa shape index (κ3) is 3.46. The predicted molar refractivity (Wildman–Crippen MR) is 72.6 cm³/mol. The minimum absolute atomic E-state index is 0.763. The van der Waals surface area contributed by atoms with Crippen LogP contribution in [0.4, 0.5) is 5.69 Å². The maximum absolute atomic E-state index is 5.96. The van der Waals surface area contributed by atoms with Crippen molar-refractivity contribution in [3.05, 3.63) is 58.9 Å². The Morgan fingerprint density at radius 2 is 2.18 bits per heavy atom. The number of halogens is 1. The summed E-state index contributed by atoms with van der Waals surface area (Å²) in [5, 5.41) is 4.15. The van der Waals surface area contributed by atoms with Gasteiger partial charge in [0.2, 0.25) is 0 Å². The number of hydrogen-bond donors (Lipinski definition) is 1. The molecular weight excluding hydrogens is 232 g/mol. The minimum Gasteiger partial charge on any atom is -0.384 e. The van der Waals surface area contributed by atoms with Gasteiger partial charge in [-0.15, -0.1) is 0 Å². The molecule has 0 spiro atoms. The van der Waals surface area contributed by atoms with Gasteiger partial charge in [0.1, 0.15) is 0 Å². The van der Waals surface area contributed by atoms with Crippen molar-refractivity contribution in [2.24, 2.45) is 0 Å². The lowest BCUT2D eigenvalue weighted by Gasteiger charge is -2.09. The predicted octanol–water partition coefficient (Wildman–Crippen LogP) is 3.70. The molecule has 17 heavy (non-hydrogen) atoms. The first kappa shape index (κ1) is 11.9. The molecule has 0 aliphatic heterocycles. The van der Waals surface area contributed by atoms with Gasteiger partial charge in [-0.2, -0.15) is 0 Å². The van der Waals surface area contributed by atoms with Crippen LogP contribution < -0.4 is 5.32 Å². The quantitative estimate of drug-likeness (QED) is 0.890. The topological polar surface area (TPSA) is 24.9 Å². The van der Waals surface area contributed by atoms with Crippen LogP contribution in [0.1, 0.15) is 11.1 Å². The fraction of sp³-hybridized carbons (Fsp3) is 0.214. The summed E-state index contributed by atoms with van der Waals surface area (Å²) in [6.07, 6.45) is 4.64. The number of rotatable bonds is 4. The number of nitrogens with one attached hydrogen (secondary N) is 1. The van der Waals surface area contributed by atoms with E-state index >= 15 is 0 Å². The standard InChI is InChI=1S/C14H15ClN2/c1-11-4-5-13(15)9-14(11)17-8-6-12-3-2-7-16-10-12/h2-5,7,9-10,17H,6,8H2,1H3. The molecule has 1 heterocycles. The van der Waals surface area contributed by atoms with E-state index in [9.17, 15) is 0 Å². The summed E-state index contributed by atoms with van der Waals surface area (Å²) in [6.45, 7) is 2.95. The maximum Gasteiger partial charge on any atom is 0.0426 e. The molecule has 3 heteroatoms. The lowest BCUT2D eigenvalue weighted by Crippen LogP contribution is -2.06. The summed E-state index contributed by atoms with van der Waals surface area (Å²) in [5.74, 6) is 0. The minimum atomic E-state index is 0.763.